The SMILES string of the molecule is CCN(CC(C)CN)C(C)C(=O)NCc1ccco1. The van der Waals surface area contributed by atoms with Gasteiger partial charge in [0.15, 0.2) is 0 Å². The molecule has 5 heteroatoms. The zero-order valence-electron chi connectivity index (χ0n) is 12.1. The van der Waals surface area contributed by atoms with Crippen LogP contribution in [0, 0.1) is 5.92 Å². The summed E-state index contributed by atoms with van der Waals surface area (Å²) >= 11 is 0. The standard InChI is InChI=1S/C14H25N3O2/c1-4-17(10-11(2)8-15)12(3)14(18)16-9-13-6-5-7-19-13/h5-7,11-12H,4,8-10,15H2,1-3H3,(H,16,18). The number of amides is 1. The third-order valence-electron chi connectivity index (χ3n) is 3.30. The summed E-state index contributed by atoms with van der Waals surface area (Å²) in [6.45, 7) is 8.80. The molecular formula is C14H25N3O2. The molecule has 0 radical (unpaired) electrons. The van der Waals surface area contributed by atoms with Crippen LogP contribution in [0.15, 0.2) is 22.8 Å². The number of hydrogen-bond donors (Lipinski definition) is 2. The second-order valence-electron chi connectivity index (χ2n) is 4.90. The van der Waals surface area contributed by atoms with Crippen LogP contribution >= 0.6 is 0 Å². The van der Waals surface area contributed by atoms with Gasteiger partial charge in [0.25, 0.3) is 0 Å². The molecule has 0 saturated heterocycles. The van der Waals surface area contributed by atoms with E-state index in [2.05, 4.69) is 24.1 Å². The van der Waals surface area contributed by atoms with Crippen LogP contribution < -0.4 is 11.1 Å². The van der Waals surface area contributed by atoms with Gasteiger partial charge in [0.1, 0.15) is 5.76 Å². The maximum atomic E-state index is 12.1. The van der Waals surface area contributed by atoms with Crippen molar-refractivity contribution in [2.75, 3.05) is 19.6 Å². The molecule has 0 saturated carbocycles. The number of nitrogens with two attached hydrogens (primary N) is 1. The van der Waals surface area contributed by atoms with E-state index < -0.39 is 0 Å². The molecule has 0 aliphatic carbocycles. The van der Waals surface area contributed by atoms with Gasteiger partial charge in [-0.2, -0.15) is 0 Å². The van der Waals surface area contributed by atoms with Crippen molar-refractivity contribution in [3.05, 3.63) is 24.2 Å². The molecule has 0 fully saturated rings. The van der Waals surface area contributed by atoms with Gasteiger partial charge in [-0.3, -0.25) is 9.69 Å². The van der Waals surface area contributed by atoms with E-state index in [1.54, 1.807) is 6.26 Å². The first-order valence-corrected chi connectivity index (χ1v) is 6.82. The molecule has 1 aromatic rings. The van der Waals surface area contributed by atoms with Gasteiger partial charge in [-0.15, -0.1) is 0 Å². The van der Waals surface area contributed by atoms with E-state index in [0.717, 1.165) is 18.8 Å². The summed E-state index contributed by atoms with van der Waals surface area (Å²) in [4.78, 5) is 14.2. The molecule has 1 aromatic heterocycles. The highest BCUT2D eigenvalue weighted by Crippen LogP contribution is 2.05. The first-order chi connectivity index (χ1) is 9.08. The lowest BCUT2D eigenvalue weighted by molar-refractivity contribution is -0.126. The van der Waals surface area contributed by atoms with Crippen molar-refractivity contribution in [1.82, 2.24) is 10.2 Å². The van der Waals surface area contributed by atoms with Gasteiger partial charge < -0.3 is 15.5 Å². The Morgan fingerprint density at radius 2 is 2.26 bits per heavy atom. The fraction of sp³-hybridized carbons (Fsp3) is 0.643. The van der Waals surface area contributed by atoms with Crippen LogP contribution in [-0.2, 0) is 11.3 Å². The van der Waals surface area contributed by atoms with Crippen LogP contribution in [0.3, 0.4) is 0 Å². The smallest absolute Gasteiger partial charge is 0.237 e. The predicted octanol–water partition coefficient (Wildman–Crippen LogP) is 1.20. The van der Waals surface area contributed by atoms with E-state index >= 15 is 0 Å². The zero-order chi connectivity index (χ0) is 14.3. The van der Waals surface area contributed by atoms with Crippen LogP contribution in [0.2, 0.25) is 0 Å². The lowest BCUT2D eigenvalue weighted by Crippen LogP contribution is -2.47. The third-order valence-corrected chi connectivity index (χ3v) is 3.30. The zero-order valence-corrected chi connectivity index (χ0v) is 12.1. The highest BCUT2D eigenvalue weighted by atomic mass is 16.3. The van der Waals surface area contributed by atoms with Crippen molar-refractivity contribution in [2.24, 2.45) is 11.7 Å². The Kier molecular flexibility index (Phi) is 6.59. The van der Waals surface area contributed by atoms with Crippen molar-refractivity contribution < 1.29 is 9.21 Å². The molecule has 1 rings (SSSR count). The summed E-state index contributed by atoms with van der Waals surface area (Å²) in [6.07, 6.45) is 1.60. The topological polar surface area (TPSA) is 71.5 Å². The second kappa shape index (κ2) is 7.96. The minimum atomic E-state index is -0.158. The molecule has 3 N–H and O–H groups in total. The Morgan fingerprint density at radius 1 is 1.53 bits per heavy atom. The summed E-state index contributed by atoms with van der Waals surface area (Å²) in [6, 6.07) is 3.50. The number of furan rings is 1. The second-order valence-corrected chi connectivity index (χ2v) is 4.90. The Morgan fingerprint density at radius 3 is 2.79 bits per heavy atom. The summed E-state index contributed by atoms with van der Waals surface area (Å²) in [5.74, 6) is 1.17. The summed E-state index contributed by atoms with van der Waals surface area (Å²) in [7, 11) is 0. The molecule has 2 atom stereocenters. The molecule has 1 amide bonds. The quantitative estimate of drug-likeness (QED) is 0.742. The Hall–Kier alpha value is -1.33. The van der Waals surface area contributed by atoms with E-state index in [0.29, 0.717) is 19.0 Å². The first-order valence-electron chi connectivity index (χ1n) is 6.82. The normalized spacial score (nSPS) is 14.4. The Balaban J connectivity index is 2.44. The summed E-state index contributed by atoms with van der Waals surface area (Å²) in [5, 5.41) is 2.89. The van der Waals surface area contributed by atoms with Crippen LogP contribution in [-0.4, -0.2) is 36.5 Å². The number of likely N-dealkylation sites (N-methyl/N-ethyl adjacent to an activating group) is 1. The number of nitrogens with one attached hydrogen (secondary N) is 1. The molecule has 2 unspecified atom stereocenters. The van der Waals surface area contributed by atoms with Crippen molar-refractivity contribution in [3.63, 3.8) is 0 Å². The number of carbonyl (C=O) groups excluding carboxylic acids is 1. The van der Waals surface area contributed by atoms with Gasteiger partial charge in [0.2, 0.25) is 5.91 Å². The first kappa shape index (κ1) is 15.7. The van der Waals surface area contributed by atoms with E-state index in [9.17, 15) is 4.79 Å². The van der Waals surface area contributed by atoms with Gasteiger partial charge >= 0.3 is 0 Å². The maximum Gasteiger partial charge on any atom is 0.237 e. The Bertz CT molecular complexity index is 365. The number of carbonyl (C=O) groups is 1. The Labute approximate surface area is 115 Å². The number of rotatable bonds is 8. The summed E-state index contributed by atoms with van der Waals surface area (Å²) < 4.78 is 5.19. The van der Waals surface area contributed by atoms with E-state index in [1.807, 2.05) is 19.1 Å². The average molecular weight is 267 g/mol. The van der Waals surface area contributed by atoms with Crippen LogP contribution in [0.1, 0.15) is 26.5 Å². The van der Waals surface area contributed by atoms with Crippen LogP contribution in [0.5, 0.6) is 0 Å². The molecule has 0 aromatic carbocycles. The minimum Gasteiger partial charge on any atom is -0.467 e. The highest BCUT2D eigenvalue weighted by molar-refractivity contribution is 5.81. The van der Waals surface area contributed by atoms with E-state index in [1.165, 1.54) is 0 Å². The lowest BCUT2D eigenvalue weighted by atomic mass is 10.1. The van der Waals surface area contributed by atoms with Crippen LogP contribution in [0.4, 0.5) is 0 Å². The van der Waals surface area contributed by atoms with Gasteiger partial charge in [-0.1, -0.05) is 13.8 Å². The molecule has 0 spiro atoms. The molecule has 19 heavy (non-hydrogen) atoms. The average Bonchev–Trinajstić information content (AvgIpc) is 2.94. The number of nitrogens with zero attached hydrogens (tertiary/aromatic N) is 1. The van der Waals surface area contributed by atoms with Crippen LogP contribution in [0.25, 0.3) is 0 Å². The predicted molar refractivity (Wildman–Crippen MR) is 75.5 cm³/mol. The highest BCUT2D eigenvalue weighted by Gasteiger charge is 2.21. The van der Waals surface area contributed by atoms with Gasteiger partial charge in [0, 0.05) is 6.54 Å². The van der Waals surface area contributed by atoms with E-state index in [-0.39, 0.29) is 11.9 Å². The fourth-order valence-electron chi connectivity index (χ4n) is 1.94. The molecule has 0 aliphatic rings. The van der Waals surface area contributed by atoms with Gasteiger partial charge in [-0.05, 0) is 38.1 Å². The minimum absolute atomic E-state index is 0.0162. The van der Waals surface area contributed by atoms with Gasteiger partial charge in [-0.25, -0.2) is 0 Å². The van der Waals surface area contributed by atoms with Gasteiger partial charge in [0.05, 0.1) is 18.8 Å². The molecular weight excluding hydrogens is 242 g/mol. The fourth-order valence-corrected chi connectivity index (χ4v) is 1.94. The van der Waals surface area contributed by atoms with Crippen molar-refractivity contribution in [1.29, 1.82) is 0 Å². The van der Waals surface area contributed by atoms with E-state index in [4.69, 9.17) is 10.2 Å². The molecule has 0 bridgehead atoms. The lowest BCUT2D eigenvalue weighted by Gasteiger charge is -2.29. The molecule has 0 aliphatic heterocycles. The monoisotopic (exact) mass is 267 g/mol. The number of hydrogen-bond acceptors (Lipinski definition) is 4. The largest absolute Gasteiger partial charge is 0.467 e. The third kappa shape index (κ3) is 5.04. The maximum absolute atomic E-state index is 12.1. The summed E-state index contributed by atoms with van der Waals surface area (Å²) in [5.41, 5.74) is 5.63. The van der Waals surface area contributed by atoms with Crippen molar-refractivity contribution in [2.45, 2.75) is 33.4 Å². The van der Waals surface area contributed by atoms with Crippen molar-refractivity contribution >= 4 is 5.91 Å². The molecule has 5 nitrogen and oxygen atoms in total. The molecule has 108 valence electrons. The van der Waals surface area contributed by atoms with Crippen molar-refractivity contribution in [3.8, 4) is 0 Å². The molecule has 1 heterocycles.